The van der Waals surface area contributed by atoms with E-state index in [1.807, 2.05) is 22.8 Å². The highest BCUT2D eigenvalue weighted by atomic mass is 19.1. The van der Waals surface area contributed by atoms with E-state index in [0.29, 0.717) is 25.5 Å². The summed E-state index contributed by atoms with van der Waals surface area (Å²) in [6.07, 6.45) is 5.39. The molecular formula is C26H27FN8O2. The Morgan fingerprint density at radius 1 is 1.27 bits per heavy atom. The molecule has 0 aliphatic carbocycles. The molecule has 190 valence electrons. The summed E-state index contributed by atoms with van der Waals surface area (Å²) in [4.78, 5) is 30.7. The van der Waals surface area contributed by atoms with E-state index < -0.39 is 11.7 Å². The molecule has 1 saturated heterocycles. The van der Waals surface area contributed by atoms with Gasteiger partial charge in [-0.1, -0.05) is 20.4 Å². The molecule has 0 radical (unpaired) electrons. The molecular weight excluding hydrogens is 475 g/mol. The zero-order valence-corrected chi connectivity index (χ0v) is 20.5. The van der Waals surface area contributed by atoms with Crippen molar-refractivity contribution < 1.29 is 14.0 Å². The number of fused-ring (bicyclic) bond motifs is 1. The maximum atomic E-state index is 14.4. The molecule has 3 aromatic heterocycles. The Morgan fingerprint density at radius 2 is 2.11 bits per heavy atom. The minimum atomic E-state index is -0.681. The normalized spacial score (nSPS) is 15.4. The number of H-pyrrole nitrogens is 1. The number of carbonyl (C=O) groups is 2. The molecule has 1 aliphatic heterocycles. The minimum Gasteiger partial charge on any atom is -0.348 e. The zero-order chi connectivity index (χ0) is 26.1. The largest absolute Gasteiger partial charge is 0.348 e. The summed E-state index contributed by atoms with van der Waals surface area (Å²) in [7, 11) is 0. The number of nitrogens with zero attached hydrogens (tertiary/aromatic N) is 5. The number of hydrogen-bond donors (Lipinski definition) is 3. The van der Waals surface area contributed by atoms with Crippen LogP contribution >= 0.6 is 0 Å². The Bertz CT molecular complexity index is 1480. The van der Waals surface area contributed by atoms with Crippen LogP contribution in [0, 0.1) is 5.82 Å². The van der Waals surface area contributed by atoms with E-state index in [2.05, 4.69) is 46.2 Å². The quantitative estimate of drug-likeness (QED) is 0.330. The zero-order valence-electron chi connectivity index (χ0n) is 20.5. The third-order valence-electron chi connectivity index (χ3n) is 6.36. The van der Waals surface area contributed by atoms with Gasteiger partial charge < -0.3 is 15.5 Å². The number of benzene rings is 1. The number of amides is 2. The number of anilines is 2. The minimum absolute atomic E-state index is 0.00275. The smallest absolute Gasteiger partial charge is 0.254 e. The van der Waals surface area contributed by atoms with Gasteiger partial charge in [0.25, 0.3) is 5.91 Å². The molecule has 4 aromatic rings. The van der Waals surface area contributed by atoms with Gasteiger partial charge in [-0.25, -0.2) is 8.91 Å². The lowest BCUT2D eigenvalue weighted by molar-refractivity contribution is -0.111. The number of nitrogens with one attached hydrogen (secondary N) is 3. The van der Waals surface area contributed by atoms with Crippen molar-refractivity contribution in [3.8, 4) is 11.1 Å². The van der Waals surface area contributed by atoms with Crippen molar-refractivity contribution in [1.29, 1.82) is 0 Å². The first-order valence-electron chi connectivity index (χ1n) is 12.0. The Labute approximate surface area is 212 Å². The third kappa shape index (κ3) is 4.80. The molecule has 0 bridgehead atoms. The van der Waals surface area contributed by atoms with Crippen LogP contribution in [0.25, 0.3) is 16.8 Å². The number of halogens is 1. The van der Waals surface area contributed by atoms with Crippen LogP contribution in [0.5, 0.6) is 0 Å². The van der Waals surface area contributed by atoms with Crippen LogP contribution in [0.15, 0.2) is 55.4 Å². The van der Waals surface area contributed by atoms with Crippen molar-refractivity contribution in [2.45, 2.75) is 32.2 Å². The summed E-state index contributed by atoms with van der Waals surface area (Å²) in [5.74, 6) is -0.803. The molecule has 1 fully saturated rings. The maximum Gasteiger partial charge on any atom is 0.254 e. The van der Waals surface area contributed by atoms with E-state index >= 15 is 0 Å². The molecule has 3 N–H and O–H groups in total. The average molecular weight is 503 g/mol. The number of carbonyl (C=O) groups excluding carboxylic acids is 2. The van der Waals surface area contributed by atoms with E-state index in [1.54, 1.807) is 11.1 Å². The van der Waals surface area contributed by atoms with Gasteiger partial charge in [0.1, 0.15) is 5.82 Å². The monoisotopic (exact) mass is 502 g/mol. The standard InChI is InChI=1S/C26H27FN8O2/c1-4-23(36)31-21-7-5-16(11-20(21)27)25(37)34-10-9-18(14-34)30-26-32-22-8-6-19(17-12-28-29-13-17)24(15(2)3)35(22)33-26/h4-8,11-13,15,18H,1,9-10,14H2,2-3H3,(H,28,29)(H,30,33)(H,31,36). The Kier molecular flexibility index (Phi) is 6.43. The van der Waals surface area contributed by atoms with Gasteiger partial charge in [0.05, 0.1) is 17.6 Å². The lowest BCUT2D eigenvalue weighted by Crippen LogP contribution is -2.31. The molecule has 37 heavy (non-hydrogen) atoms. The molecule has 4 heterocycles. The lowest BCUT2D eigenvalue weighted by atomic mass is 10.00. The molecule has 1 aromatic carbocycles. The number of aromatic amines is 1. The second kappa shape index (κ2) is 9.84. The van der Waals surface area contributed by atoms with Crippen molar-refractivity contribution in [2.24, 2.45) is 0 Å². The van der Waals surface area contributed by atoms with Gasteiger partial charge in [-0.2, -0.15) is 10.1 Å². The number of hydrogen-bond acceptors (Lipinski definition) is 6. The van der Waals surface area contributed by atoms with E-state index in [1.165, 1.54) is 12.1 Å². The van der Waals surface area contributed by atoms with E-state index in [0.717, 1.165) is 34.6 Å². The van der Waals surface area contributed by atoms with Gasteiger partial charge in [0.15, 0.2) is 5.65 Å². The van der Waals surface area contributed by atoms with Crippen molar-refractivity contribution >= 4 is 29.1 Å². The highest BCUT2D eigenvalue weighted by Crippen LogP contribution is 2.30. The summed E-state index contributed by atoms with van der Waals surface area (Å²) >= 11 is 0. The van der Waals surface area contributed by atoms with Gasteiger partial charge in [-0.15, -0.1) is 5.10 Å². The molecule has 5 rings (SSSR count). The van der Waals surface area contributed by atoms with Crippen LogP contribution in [-0.2, 0) is 4.79 Å². The predicted octanol–water partition coefficient (Wildman–Crippen LogP) is 3.83. The van der Waals surface area contributed by atoms with Crippen LogP contribution in [-0.4, -0.2) is 60.6 Å². The summed E-state index contributed by atoms with van der Waals surface area (Å²) < 4.78 is 16.3. The Balaban J connectivity index is 1.30. The summed E-state index contributed by atoms with van der Waals surface area (Å²) in [6.45, 7) is 8.51. The van der Waals surface area contributed by atoms with Crippen LogP contribution in [0.2, 0.25) is 0 Å². The molecule has 0 saturated carbocycles. The predicted molar refractivity (Wildman–Crippen MR) is 138 cm³/mol. The maximum absolute atomic E-state index is 14.4. The van der Waals surface area contributed by atoms with Crippen molar-refractivity contribution in [1.82, 2.24) is 29.7 Å². The molecule has 11 heteroatoms. The van der Waals surface area contributed by atoms with Crippen molar-refractivity contribution in [3.05, 3.63) is 72.5 Å². The summed E-state index contributed by atoms with van der Waals surface area (Å²) in [6, 6.07) is 7.91. The first-order valence-corrected chi connectivity index (χ1v) is 12.0. The molecule has 1 aliphatic rings. The van der Waals surface area contributed by atoms with Gasteiger partial charge >= 0.3 is 0 Å². The van der Waals surface area contributed by atoms with Gasteiger partial charge in [-0.3, -0.25) is 14.7 Å². The van der Waals surface area contributed by atoms with E-state index in [-0.39, 0.29) is 29.1 Å². The van der Waals surface area contributed by atoms with Crippen LogP contribution < -0.4 is 10.6 Å². The lowest BCUT2D eigenvalue weighted by Gasteiger charge is -2.17. The van der Waals surface area contributed by atoms with Gasteiger partial charge in [0, 0.05) is 42.0 Å². The second-order valence-electron chi connectivity index (χ2n) is 9.25. The number of likely N-dealkylation sites (tertiary alicyclic amines) is 1. The van der Waals surface area contributed by atoms with Gasteiger partial charge in [0.2, 0.25) is 11.9 Å². The second-order valence-corrected chi connectivity index (χ2v) is 9.25. The summed E-state index contributed by atoms with van der Waals surface area (Å²) in [5, 5.41) is 17.4. The topological polar surface area (TPSA) is 120 Å². The van der Waals surface area contributed by atoms with Crippen molar-refractivity contribution in [2.75, 3.05) is 23.7 Å². The van der Waals surface area contributed by atoms with Crippen molar-refractivity contribution in [3.63, 3.8) is 0 Å². The molecule has 1 atom stereocenters. The van der Waals surface area contributed by atoms with Gasteiger partial charge in [-0.05, 0) is 48.7 Å². The number of pyridine rings is 1. The third-order valence-corrected chi connectivity index (χ3v) is 6.36. The molecule has 10 nitrogen and oxygen atoms in total. The Hall–Kier alpha value is -4.54. The molecule has 0 spiro atoms. The van der Waals surface area contributed by atoms with Crippen LogP contribution in [0.1, 0.15) is 42.2 Å². The van der Waals surface area contributed by atoms with E-state index in [4.69, 9.17) is 5.10 Å². The number of rotatable bonds is 7. The Morgan fingerprint density at radius 3 is 2.81 bits per heavy atom. The van der Waals surface area contributed by atoms with E-state index in [9.17, 15) is 14.0 Å². The summed E-state index contributed by atoms with van der Waals surface area (Å²) in [5.41, 5.74) is 3.98. The number of aromatic nitrogens is 5. The average Bonchev–Trinajstić information content (AvgIpc) is 3.65. The fourth-order valence-electron chi connectivity index (χ4n) is 4.59. The highest BCUT2D eigenvalue weighted by Gasteiger charge is 2.28. The fraction of sp³-hybridized carbons (Fsp3) is 0.269. The molecule has 1 unspecified atom stereocenters. The SMILES string of the molecule is C=CC(=O)Nc1ccc(C(=O)N2CCC(Nc3nc4ccc(-c5cn[nH]c5)c(C(C)C)n4n3)C2)cc1F. The molecule has 2 amide bonds. The first-order chi connectivity index (χ1) is 17.8. The first kappa shape index (κ1) is 24.2. The highest BCUT2D eigenvalue weighted by molar-refractivity contribution is 6.00. The fourth-order valence-corrected chi connectivity index (χ4v) is 4.59. The van der Waals surface area contributed by atoms with Crippen LogP contribution in [0.4, 0.5) is 16.0 Å². The van der Waals surface area contributed by atoms with Crippen LogP contribution in [0.3, 0.4) is 0 Å².